The van der Waals surface area contributed by atoms with Crippen LogP contribution in [0.5, 0.6) is 0 Å². The van der Waals surface area contributed by atoms with Crippen LogP contribution in [0.25, 0.3) is 11.1 Å². The third-order valence-electron chi connectivity index (χ3n) is 4.07. The number of nitrogen functional groups attached to an aromatic ring is 1. The number of pyridine rings is 1. The summed E-state index contributed by atoms with van der Waals surface area (Å²) in [6.45, 7) is 0.112. The van der Waals surface area contributed by atoms with Gasteiger partial charge in [0.25, 0.3) is 0 Å². The van der Waals surface area contributed by atoms with Gasteiger partial charge in [0.15, 0.2) is 11.4 Å². The molecule has 0 radical (unpaired) electrons. The molecule has 0 aliphatic carbocycles. The number of aromatic nitrogens is 5. The molecule has 6 N–H and O–H groups in total. The highest BCUT2D eigenvalue weighted by Crippen LogP contribution is 2.40. The molecule has 3 heterocycles. The van der Waals surface area contributed by atoms with Crippen LogP contribution < -0.4 is 22.2 Å². The second-order valence-electron chi connectivity index (χ2n) is 5.97. The molecule has 0 amide bonds. The minimum atomic E-state index is -4.71. The van der Waals surface area contributed by atoms with Crippen molar-refractivity contribution in [1.29, 1.82) is 5.26 Å². The molecule has 3 rings (SSSR count). The van der Waals surface area contributed by atoms with Gasteiger partial charge in [-0.25, -0.2) is 9.97 Å². The number of anilines is 3. The van der Waals surface area contributed by atoms with Crippen LogP contribution in [0.3, 0.4) is 0 Å². The highest BCUT2D eigenvalue weighted by Gasteiger charge is 2.40. The smallest absolute Gasteiger partial charge is 0.383 e. The lowest BCUT2D eigenvalue weighted by Crippen LogP contribution is -2.21. The van der Waals surface area contributed by atoms with Gasteiger partial charge in [-0.15, -0.1) is 0 Å². The summed E-state index contributed by atoms with van der Waals surface area (Å²) in [6.07, 6.45) is -2.09. The summed E-state index contributed by atoms with van der Waals surface area (Å²) in [4.78, 5) is 12.9. The van der Waals surface area contributed by atoms with E-state index in [4.69, 9.17) is 16.7 Å². The molecule has 30 heavy (non-hydrogen) atoms. The van der Waals surface area contributed by atoms with Crippen molar-refractivity contribution in [2.24, 2.45) is 5.73 Å². The van der Waals surface area contributed by atoms with Gasteiger partial charge in [-0.1, -0.05) is 0 Å². The van der Waals surface area contributed by atoms with E-state index in [1.165, 1.54) is 13.2 Å². The Morgan fingerprint density at radius 1 is 1.30 bits per heavy atom. The molecule has 3 aromatic rings. The molecule has 0 aliphatic heterocycles. The van der Waals surface area contributed by atoms with Crippen molar-refractivity contribution in [2.75, 3.05) is 30.1 Å². The van der Waals surface area contributed by atoms with Gasteiger partial charge < -0.3 is 22.2 Å². The van der Waals surface area contributed by atoms with Gasteiger partial charge in [-0.3, -0.25) is 0 Å². The third-order valence-corrected chi connectivity index (χ3v) is 4.07. The zero-order valence-corrected chi connectivity index (χ0v) is 15.7. The van der Waals surface area contributed by atoms with Crippen LogP contribution in [0, 0.1) is 11.3 Å². The number of rotatable bonds is 6. The van der Waals surface area contributed by atoms with Crippen LogP contribution in [0.2, 0.25) is 0 Å². The van der Waals surface area contributed by atoms with E-state index >= 15 is 0 Å². The SMILES string of the molecule is CNn1ncc(-c2c(N)nc(Nc3cccnc3C#N)nc2CCN)c1C(F)(F)F. The Kier molecular flexibility index (Phi) is 5.70. The summed E-state index contributed by atoms with van der Waals surface area (Å²) < 4.78 is 41.0. The number of alkyl halides is 3. The van der Waals surface area contributed by atoms with Crippen molar-refractivity contribution in [1.82, 2.24) is 24.8 Å². The van der Waals surface area contributed by atoms with Crippen LogP contribution in [0.4, 0.5) is 30.6 Å². The highest BCUT2D eigenvalue weighted by atomic mass is 19.4. The van der Waals surface area contributed by atoms with Crippen molar-refractivity contribution in [2.45, 2.75) is 12.6 Å². The zero-order valence-electron chi connectivity index (χ0n) is 15.7. The summed E-state index contributed by atoms with van der Waals surface area (Å²) in [7, 11) is 1.31. The van der Waals surface area contributed by atoms with E-state index in [9.17, 15) is 13.2 Å². The molecule has 3 aromatic heterocycles. The van der Waals surface area contributed by atoms with Gasteiger partial charge in [0.1, 0.15) is 11.9 Å². The molecule has 10 nitrogen and oxygen atoms in total. The molecule has 0 aromatic carbocycles. The maximum absolute atomic E-state index is 13.7. The normalized spacial score (nSPS) is 11.2. The summed E-state index contributed by atoms with van der Waals surface area (Å²) in [6, 6.07) is 5.10. The number of nitrogens with one attached hydrogen (secondary N) is 2. The number of nitriles is 1. The molecule has 0 bridgehead atoms. The molecule has 156 valence electrons. The fourth-order valence-corrected chi connectivity index (χ4v) is 2.88. The van der Waals surface area contributed by atoms with Gasteiger partial charge in [0.2, 0.25) is 5.95 Å². The number of hydrogen-bond donors (Lipinski definition) is 4. The van der Waals surface area contributed by atoms with E-state index in [1.807, 2.05) is 6.07 Å². The first-order valence-electron chi connectivity index (χ1n) is 8.62. The molecule has 0 atom stereocenters. The van der Waals surface area contributed by atoms with Crippen LogP contribution in [0.15, 0.2) is 24.5 Å². The Morgan fingerprint density at radius 2 is 2.07 bits per heavy atom. The quantitative estimate of drug-likeness (QED) is 0.467. The molecule has 0 unspecified atom stereocenters. The molecule has 0 saturated carbocycles. The predicted molar refractivity (Wildman–Crippen MR) is 103 cm³/mol. The minimum absolute atomic E-state index is 0.00114. The Labute approximate surface area is 168 Å². The van der Waals surface area contributed by atoms with Gasteiger partial charge in [0, 0.05) is 30.8 Å². The molecule has 0 spiro atoms. The number of halogens is 3. The first-order chi connectivity index (χ1) is 14.3. The first kappa shape index (κ1) is 20.8. The summed E-state index contributed by atoms with van der Waals surface area (Å²) in [5.41, 5.74) is 13.3. The largest absolute Gasteiger partial charge is 0.435 e. The molecule has 0 saturated heterocycles. The Hall–Kier alpha value is -3.92. The average molecular weight is 418 g/mol. The summed E-state index contributed by atoms with van der Waals surface area (Å²) >= 11 is 0. The van der Waals surface area contributed by atoms with Crippen molar-refractivity contribution in [3.05, 3.63) is 41.6 Å². The van der Waals surface area contributed by atoms with Crippen LogP contribution in [-0.2, 0) is 12.6 Å². The molecular weight excluding hydrogens is 401 g/mol. The van der Waals surface area contributed by atoms with Gasteiger partial charge in [-0.05, 0) is 18.7 Å². The average Bonchev–Trinajstić information content (AvgIpc) is 3.12. The Bertz CT molecular complexity index is 1100. The van der Waals surface area contributed by atoms with E-state index in [-0.39, 0.29) is 47.2 Å². The fraction of sp³-hybridized carbons (Fsp3) is 0.235. The lowest BCUT2D eigenvalue weighted by atomic mass is 10.0. The van der Waals surface area contributed by atoms with Gasteiger partial charge in [-0.2, -0.15) is 33.3 Å². The third kappa shape index (κ3) is 3.94. The number of nitrogens with two attached hydrogens (primary N) is 2. The van der Waals surface area contributed by atoms with Crippen molar-refractivity contribution in [3.63, 3.8) is 0 Å². The molecule has 0 fully saturated rings. The maximum Gasteiger partial charge on any atom is 0.435 e. The van der Waals surface area contributed by atoms with E-state index in [0.717, 1.165) is 6.20 Å². The first-order valence-corrected chi connectivity index (χ1v) is 8.62. The van der Waals surface area contributed by atoms with Crippen molar-refractivity contribution >= 4 is 17.5 Å². The van der Waals surface area contributed by atoms with Crippen molar-refractivity contribution < 1.29 is 13.2 Å². The maximum atomic E-state index is 13.7. The second kappa shape index (κ2) is 8.21. The second-order valence-corrected chi connectivity index (χ2v) is 5.97. The Morgan fingerprint density at radius 3 is 2.70 bits per heavy atom. The van der Waals surface area contributed by atoms with Crippen molar-refractivity contribution in [3.8, 4) is 17.2 Å². The lowest BCUT2D eigenvalue weighted by Gasteiger charge is -2.16. The predicted octanol–water partition coefficient (Wildman–Crippen LogP) is 1.63. The monoisotopic (exact) mass is 418 g/mol. The van der Waals surface area contributed by atoms with Gasteiger partial charge in [0.05, 0.1) is 17.6 Å². The number of nitrogens with zero attached hydrogens (tertiary/aromatic N) is 6. The van der Waals surface area contributed by atoms with E-state index in [2.05, 4.69) is 30.8 Å². The van der Waals surface area contributed by atoms with E-state index in [0.29, 0.717) is 10.5 Å². The summed E-state index contributed by atoms with van der Waals surface area (Å²) in [5, 5.41) is 15.7. The lowest BCUT2D eigenvalue weighted by molar-refractivity contribution is -0.142. The van der Waals surface area contributed by atoms with Crippen LogP contribution >= 0.6 is 0 Å². The molecular formula is C17H17F3N10. The molecule has 0 aliphatic rings. The minimum Gasteiger partial charge on any atom is -0.383 e. The fourth-order valence-electron chi connectivity index (χ4n) is 2.88. The van der Waals surface area contributed by atoms with Crippen LogP contribution in [0.1, 0.15) is 17.1 Å². The highest BCUT2D eigenvalue weighted by molar-refractivity contribution is 5.79. The van der Waals surface area contributed by atoms with E-state index < -0.39 is 11.9 Å². The molecule has 13 heteroatoms. The van der Waals surface area contributed by atoms with E-state index in [1.54, 1.807) is 12.1 Å². The Balaban J connectivity index is 2.14. The zero-order chi connectivity index (χ0) is 21.9. The topological polar surface area (TPSA) is 156 Å². The number of hydrogen-bond acceptors (Lipinski definition) is 9. The summed E-state index contributed by atoms with van der Waals surface area (Å²) in [5.74, 6) is -0.196. The van der Waals surface area contributed by atoms with Crippen LogP contribution in [-0.4, -0.2) is 38.4 Å². The standard InChI is InChI=1S/C17H17F3N10/c1-24-30-14(17(18,19)20)9(8-26-30)13-11(4-5-21)28-16(29-15(13)23)27-10-3-2-6-25-12(10)7-22/h2-3,6,8,24H,4-5,21H2,1H3,(H3,23,27,28,29). The van der Waals surface area contributed by atoms with Gasteiger partial charge >= 0.3 is 6.18 Å².